The third-order valence-electron chi connectivity index (χ3n) is 3.23. The number of thiocarbonyl (C=S) groups is 1. The normalized spacial score (nSPS) is 16.3. The molecule has 0 atom stereocenters. The average molecular weight is 351 g/mol. The van der Waals surface area contributed by atoms with Gasteiger partial charge >= 0.3 is 5.97 Å². The van der Waals surface area contributed by atoms with Gasteiger partial charge in [-0.25, -0.2) is 4.79 Å². The van der Waals surface area contributed by atoms with Crippen LogP contribution in [0, 0.1) is 0 Å². The minimum Gasteiger partial charge on any atom is -0.465 e. The van der Waals surface area contributed by atoms with Crippen molar-refractivity contribution in [1.29, 1.82) is 0 Å². The molecule has 1 aliphatic heterocycles. The smallest absolute Gasteiger partial charge is 0.337 e. The van der Waals surface area contributed by atoms with Crippen LogP contribution in [-0.4, -0.2) is 48.5 Å². The van der Waals surface area contributed by atoms with Gasteiger partial charge in [-0.2, -0.15) is 0 Å². The van der Waals surface area contributed by atoms with Gasteiger partial charge in [-0.15, -0.1) is 0 Å². The van der Waals surface area contributed by atoms with Gasteiger partial charge in [0.05, 0.1) is 17.6 Å². The van der Waals surface area contributed by atoms with E-state index in [0.717, 1.165) is 12.0 Å². The van der Waals surface area contributed by atoms with Crippen molar-refractivity contribution in [3.05, 3.63) is 40.3 Å². The fourth-order valence-electron chi connectivity index (χ4n) is 2.04. The molecule has 122 valence electrons. The Balaban J connectivity index is 2.09. The van der Waals surface area contributed by atoms with E-state index in [1.54, 1.807) is 42.4 Å². The highest BCUT2D eigenvalue weighted by molar-refractivity contribution is 8.26. The van der Waals surface area contributed by atoms with Gasteiger partial charge in [-0.1, -0.05) is 36.1 Å². The number of amides is 1. The largest absolute Gasteiger partial charge is 0.465 e. The second-order valence-electron chi connectivity index (χ2n) is 4.79. The van der Waals surface area contributed by atoms with E-state index in [1.807, 2.05) is 0 Å². The van der Waals surface area contributed by atoms with Crippen molar-refractivity contribution < 1.29 is 19.1 Å². The summed E-state index contributed by atoms with van der Waals surface area (Å²) in [4.78, 5) is 25.9. The predicted octanol–water partition coefficient (Wildman–Crippen LogP) is 2.71. The Morgan fingerprint density at radius 2 is 2.00 bits per heavy atom. The van der Waals surface area contributed by atoms with Crippen LogP contribution in [0.3, 0.4) is 0 Å². The summed E-state index contributed by atoms with van der Waals surface area (Å²) in [5, 5.41) is 0. The number of rotatable bonds is 6. The molecule has 2 rings (SSSR count). The minimum atomic E-state index is -0.388. The summed E-state index contributed by atoms with van der Waals surface area (Å²) < 4.78 is 10.2. The van der Waals surface area contributed by atoms with Crippen LogP contribution >= 0.6 is 24.0 Å². The van der Waals surface area contributed by atoms with Gasteiger partial charge in [0, 0.05) is 20.3 Å². The average Bonchev–Trinajstić information content (AvgIpc) is 2.82. The molecule has 1 saturated heterocycles. The van der Waals surface area contributed by atoms with Gasteiger partial charge < -0.3 is 9.47 Å². The maximum Gasteiger partial charge on any atom is 0.337 e. The number of ether oxygens (including phenoxy) is 2. The SMILES string of the molecule is COCCCN1C(=O)C(=Cc2ccc(C(=O)OC)cc2)SC1=S. The van der Waals surface area contributed by atoms with Crippen LogP contribution in [0.1, 0.15) is 22.3 Å². The molecule has 0 unspecified atom stereocenters. The van der Waals surface area contributed by atoms with E-state index in [2.05, 4.69) is 4.74 Å². The van der Waals surface area contributed by atoms with Crippen LogP contribution < -0.4 is 0 Å². The Morgan fingerprint density at radius 1 is 1.30 bits per heavy atom. The lowest BCUT2D eigenvalue weighted by Gasteiger charge is -2.13. The summed E-state index contributed by atoms with van der Waals surface area (Å²) in [6, 6.07) is 6.86. The van der Waals surface area contributed by atoms with Crippen LogP contribution in [-0.2, 0) is 14.3 Å². The lowest BCUT2D eigenvalue weighted by Crippen LogP contribution is -2.29. The first kappa shape index (κ1) is 17.7. The summed E-state index contributed by atoms with van der Waals surface area (Å²) in [6.45, 7) is 1.14. The van der Waals surface area contributed by atoms with Crippen LogP contribution in [0.5, 0.6) is 0 Å². The first-order valence-corrected chi connectivity index (χ1v) is 8.22. The molecule has 1 amide bonds. The lowest BCUT2D eigenvalue weighted by atomic mass is 10.1. The Hall–Kier alpha value is -1.70. The van der Waals surface area contributed by atoms with Gasteiger partial charge in [-0.3, -0.25) is 9.69 Å². The molecule has 1 aliphatic rings. The number of carbonyl (C=O) groups excluding carboxylic acids is 2. The zero-order chi connectivity index (χ0) is 16.8. The van der Waals surface area contributed by atoms with E-state index in [1.165, 1.54) is 18.9 Å². The summed E-state index contributed by atoms with van der Waals surface area (Å²) in [7, 11) is 2.97. The van der Waals surface area contributed by atoms with Crippen LogP contribution in [0.25, 0.3) is 6.08 Å². The van der Waals surface area contributed by atoms with Crippen molar-refractivity contribution >= 4 is 46.3 Å². The number of carbonyl (C=O) groups is 2. The summed E-state index contributed by atoms with van der Waals surface area (Å²) in [6.07, 6.45) is 2.51. The number of nitrogens with zero attached hydrogens (tertiary/aromatic N) is 1. The third-order valence-corrected chi connectivity index (χ3v) is 4.61. The maximum absolute atomic E-state index is 12.4. The Labute approximate surface area is 144 Å². The number of benzene rings is 1. The minimum absolute atomic E-state index is 0.0897. The zero-order valence-corrected chi connectivity index (χ0v) is 14.5. The lowest BCUT2D eigenvalue weighted by molar-refractivity contribution is -0.122. The first-order valence-electron chi connectivity index (χ1n) is 6.99. The molecule has 0 aliphatic carbocycles. The summed E-state index contributed by atoms with van der Waals surface area (Å²) in [5.41, 5.74) is 1.30. The van der Waals surface area contributed by atoms with Gasteiger partial charge in [0.1, 0.15) is 4.32 Å². The van der Waals surface area contributed by atoms with Crippen molar-refractivity contribution in [1.82, 2.24) is 4.90 Å². The standard InChI is InChI=1S/C16H17NO4S2/c1-20-9-3-8-17-14(18)13(23-16(17)22)10-11-4-6-12(7-5-11)15(19)21-2/h4-7,10H,3,8-9H2,1-2H3. The quantitative estimate of drug-likeness (QED) is 0.340. The molecule has 0 bridgehead atoms. The highest BCUT2D eigenvalue weighted by atomic mass is 32.2. The maximum atomic E-state index is 12.4. The van der Waals surface area contributed by atoms with Crippen molar-refractivity contribution in [2.75, 3.05) is 27.4 Å². The molecule has 1 fully saturated rings. The van der Waals surface area contributed by atoms with Crippen molar-refractivity contribution in [2.45, 2.75) is 6.42 Å². The molecular weight excluding hydrogens is 334 g/mol. The monoisotopic (exact) mass is 351 g/mol. The number of thioether (sulfide) groups is 1. The zero-order valence-electron chi connectivity index (χ0n) is 12.9. The van der Waals surface area contributed by atoms with Crippen molar-refractivity contribution in [2.24, 2.45) is 0 Å². The van der Waals surface area contributed by atoms with E-state index in [4.69, 9.17) is 17.0 Å². The van der Waals surface area contributed by atoms with E-state index in [0.29, 0.717) is 27.9 Å². The highest BCUT2D eigenvalue weighted by Gasteiger charge is 2.31. The molecule has 0 N–H and O–H groups in total. The molecule has 0 aromatic heterocycles. The number of hydrogen-bond acceptors (Lipinski definition) is 6. The molecule has 0 spiro atoms. The van der Waals surface area contributed by atoms with Crippen LogP contribution in [0.2, 0.25) is 0 Å². The van der Waals surface area contributed by atoms with Gasteiger partial charge in [-0.05, 0) is 30.2 Å². The fraction of sp³-hybridized carbons (Fsp3) is 0.312. The van der Waals surface area contributed by atoms with Crippen molar-refractivity contribution in [3.63, 3.8) is 0 Å². The molecule has 1 aromatic carbocycles. The van der Waals surface area contributed by atoms with Gasteiger partial charge in [0.25, 0.3) is 5.91 Å². The summed E-state index contributed by atoms with van der Waals surface area (Å²) >= 11 is 6.54. The molecule has 1 aromatic rings. The van der Waals surface area contributed by atoms with Crippen molar-refractivity contribution in [3.8, 4) is 0 Å². The second kappa shape index (κ2) is 8.24. The van der Waals surface area contributed by atoms with Gasteiger partial charge in [0.15, 0.2) is 0 Å². The summed E-state index contributed by atoms with van der Waals surface area (Å²) in [5.74, 6) is -0.478. The van der Waals surface area contributed by atoms with Crippen LogP contribution in [0.4, 0.5) is 0 Å². The number of esters is 1. The number of methoxy groups -OCH3 is 2. The molecule has 0 radical (unpaired) electrons. The number of hydrogen-bond donors (Lipinski definition) is 0. The predicted molar refractivity (Wildman–Crippen MR) is 94.2 cm³/mol. The van der Waals surface area contributed by atoms with Gasteiger partial charge in [0.2, 0.25) is 0 Å². The molecule has 5 nitrogen and oxygen atoms in total. The fourth-order valence-corrected chi connectivity index (χ4v) is 3.35. The Kier molecular flexibility index (Phi) is 6.32. The van der Waals surface area contributed by atoms with E-state index < -0.39 is 0 Å². The van der Waals surface area contributed by atoms with Crippen LogP contribution in [0.15, 0.2) is 29.2 Å². The van der Waals surface area contributed by atoms with E-state index >= 15 is 0 Å². The van der Waals surface area contributed by atoms with E-state index in [9.17, 15) is 9.59 Å². The molecular formula is C16H17NO4S2. The first-order chi connectivity index (χ1) is 11.1. The second-order valence-corrected chi connectivity index (χ2v) is 6.47. The Morgan fingerprint density at radius 3 is 2.61 bits per heavy atom. The topological polar surface area (TPSA) is 55.8 Å². The highest BCUT2D eigenvalue weighted by Crippen LogP contribution is 2.32. The molecule has 7 heteroatoms. The molecule has 23 heavy (non-hydrogen) atoms. The molecule has 1 heterocycles. The Bertz CT molecular complexity index is 640. The van der Waals surface area contributed by atoms with E-state index in [-0.39, 0.29) is 11.9 Å². The molecule has 0 saturated carbocycles. The third kappa shape index (κ3) is 4.40.